The number of methoxy groups -OCH3 is 1. The first-order valence-electron chi connectivity index (χ1n) is 5.40. The third-order valence-electron chi connectivity index (χ3n) is 2.18. The van der Waals surface area contributed by atoms with Crippen LogP contribution < -0.4 is 10.6 Å². The second-order valence-electron chi connectivity index (χ2n) is 3.77. The highest BCUT2D eigenvalue weighted by Gasteiger charge is 2.07. The summed E-state index contributed by atoms with van der Waals surface area (Å²) in [6, 6.07) is 6.14. The van der Waals surface area contributed by atoms with E-state index in [2.05, 4.69) is 10.6 Å². The number of para-hydroxylation sites is 1. The lowest BCUT2D eigenvalue weighted by molar-refractivity contribution is -0.115. The number of hydrogen-bond acceptors (Lipinski definition) is 3. The highest BCUT2D eigenvalue weighted by molar-refractivity contribution is 5.92. The van der Waals surface area contributed by atoms with E-state index in [1.54, 1.807) is 19.2 Å². The molecule has 0 aliphatic carbocycles. The Hall–Kier alpha value is -1.46. The fraction of sp³-hybridized carbons (Fsp3) is 0.417. The number of ether oxygens (including phenoxy) is 1. The number of amides is 1. The van der Waals surface area contributed by atoms with E-state index >= 15 is 0 Å². The lowest BCUT2D eigenvalue weighted by Crippen LogP contribution is -2.36. The molecule has 5 heteroatoms. The van der Waals surface area contributed by atoms with Gasteiger partial charge in [0.25, 0.3) is 0 Å². The molecule has 1 atom stereocenters. The Labute approximate surface area is 100 Å². The van der Waals surface area contributed by atoms with E-state index in [1.807, 2.05) is 6.92 Å². The molecule has 94 valence electrons. The van der Waals surface area contributed by atoms with Gasteiger partial charge in [0.1, 0.15) is 5.82 Å². The minimum atomic E-state index is -0.439. The molecular formula is C12H17FN2O2. The fourth-order valence-corrected chi connectivity index (χ4v) is 1.33. The number of halogens is 1. The molecule has 0 aliphatic heterocycles. The van der Waals surface area contributed by atoms with Gasteiger partial charge in [-0.2, -0.15) is 0 Å². The van der Waals surface area contributed by atoms with E-state index < -0.39 is 5.82 Å². The standard InChI is InChI=1S/C12H17FN2O2/c1-9(8-17-2)14-7-12(16)15-11-6-4-3-5-10(11)13/h3-6,9,14H,7-8H2,1-2H3,(H,15,16). The van der Waals surface area contributed by atoms with Crippen LogP contribution in [0.3, 0.4) is 0 Å². The average molecular weight is 240 g/mol. The zero-order valence-corrected chi connectivity index (χ0v) is 10.00. The third kappa shape index (κ3) is 4.93. The van der Waals surface area contributed by atoms with Crippen molar-refractivity contribution in [1.82, 2.24) is 5.32 Å². The zero-order chi connectivity index (χ0) is 12.7. The number of rotatable bonds is 6. The number of hydrogen-bond donors (Lipinski definition) is 2. The molecule has 0 aromatic heterocycles. The SMILES string of the molecule is COCC(C)NCC(=O)Nc1ccccc1F. The summed E-state index contributed by atoms with van der Waals surface area (Å²) in [4.78, 5) is 11.5. The van der Waals surface area contributed by atoms with E-state index in [0.29, 0.717) is 6.61 Å². The molecule has 0 heterocycles. The van der Waals surface area contributed by atoms with Crippen LogP contribution in [0.4, 0.5) is 10.1 Å². The summed E-state index contributed by atoms with van der Waals surface area (Å²) in [6.45, 7) is 2.55. The molecule has 1 aromatic carbocycles. The Kier molecular flexibility index (Phi) is 5.59. The predicted octanol–water partition coefficient (Wildman–Crippen LogP) is 1.39. The van der Waals surface area contributed by atoms with Crippen molar-refractivity contribution in [3.8, 4) is 0 Å². The van der Waals surface area contributed by atoms with Gasteiger partial charge in [0.05, 0.1) is 18.8 Å². The first-order chi connectivity index (χ1) is 8.13. The maximum atomic E-state index is 13.2. The van der Waals surface area contributed by atoms with Gasteiger partial charge in [0.15, 0.2) is 0 Å². The maximum Gasteiger partial charge on any atom is 0.238 e. The molecule has 0 fully saturated rings. The van der Waals surface area contributed by atoms with E-state index in [0.717, 1.165) is 0 Å². The summed E-state index contributed by atoms with van der Waals surface area (Å²) in [5.41, 5.74) is 0.193. The fourth-order valence-electron chi connectivity index (χ4n) is 1.33. The minimum Gasteiger partial charge on any atom is -0.383 e. The summed E-state index contributed by atoms with van der Waals surface area (Å²) < 4.78 is 18.1. The molecule has 0 saturated carbocycles. The second kappa shape index (κ2) is 6.98. The average Bonchev–Trinajstić information content (AvgIpc) is 2.30. The number of carbonyl (C=O) groups excluding carboxylic acids is 1. The summed E-state index contributed by atoms with van der Waals surface area (Å²) >= 11 is 0. The van der Waals surface area contributed by atoms with E-state index in [1.165, 1.54) is 12.1 Å². The van der Waals surface area contributed by atoms with Crippen molar-refractivity contribution in [2.45, 2.75) is 13.0 Å². The van der Waals surface area contributed by atoms with Crippen molar-refractivity contribution >= 4 is 11.6 Å². The molecule has 0 bridgehead atoms. The van der Waals surface area contributed by atoms with Crippen molar-refractivity contribution in [2.75, 3.05) is 25.6 Å². The molecule has 17 heavy (non-hydrogen) atoms. The van der Waals surface area contributed by atoms with Gasteiger partial charge >= 0.3 is 0 Å². The molecule has 4 nitrogen and oxygen atoms in total. The molecule has 0 radical (unpaired) electrons. The van der Waals surface area contributed by atoms with Crippen molar-refractivity contribution < 1.29 is 13.9 Å². The van der Waals surface area contributed by atoms with Crippen LogP contribution in [-0.2, 0) is 9.53 Å². The van der Waals surface area contributed by atoms with Crippen LogP contribution >= 0.6 is 0 Å². The van der Waals surface area contributed by atoms with Crippen LogP contribution in [0.2, 0.25) is 0 Å². The zero-order valence-electron chi connectivity index (χ0n) is 10.00. The topological polar surface area (TPSA) is 50.4 Å². The Morgan fingerprint density at radius 2 is 2.18 bits per heavy atom. The molecular weight excluding hydrogens is 223 g/mol. The lowest BCUT2D eigenvalue weighted by atomic mass is 10.3. The van der Waals surface area contributed by atoms with E-state index in [-0.39, 0.29) is 24.2 Å². The van der Waals surface area contributed by atoms with Gasteiger partial charge in [-0.3, -0.25) is 4.79 Å². The Balaban J connectivity index is 2.37. The number of anilines is 1. The third-order valence-corrected chi connectivity index (χ3v) is 2.18. The summed E-state index contributed by atoms with van der Waals surface area (Å²) in [5.74, 6) is -0.719. The van der Waals surface area contributed by atoms with Gasteiger partial charge in [0.2, 0.25) is 5.91 Å². The largest absolute Gasteiger partial charge is 0.383 e. The van der Waals surface area contributed by atoms with Gasteiger partial charge in [-0.05, 0) is 19.1 Å². The van der Waals surface area contributed by atoms with Gasteiger partial charge in [-0.1, -0.05) is 12.1 Å². The van der Waals surface area contributed by atoms with Crippen LogP contribution in [-0.4, -0.2) is 32.2 Å². The molecule has 2 N–H and O–H groups in total. The van der Waals surface area contributed by atoms with E-state index in [4.69, 9.17) is 4.74 Å². The normalized spacial score (nSPS) is 12.2. The lowest BCUT2D eigenvalue weighted by Gasteiger charge is -2.12. The minimum absolute atomic E-state index is 0.0753. The van der Waals surface area contributed by atoms with Crippen LogP contribution in [0.1, 0.15) is 6.92 Å². The Morgan fingerprint density at radius 1 is 1.47 bits per heavy atom. The van der Waals surface area contributed by atoms with Crippen LogP contribution in [0.25, 0.3) is 0 Å². The van der Waals surface area contributed by atoms with Gasteiger partial charge in [-0.25, -0.2) is 4.39 Å². The van der Waals surface area contributed by atoms with Crippen LogP contribution in [0, 0.1) is 5.82 Å². The van der Waals surface area contributed by atoms with Gasteiger partial charge < -0.3 is 15.4 Å². The first kappa shape index (κ1) is 13.6. The smallest absolute Gasteiger partial charge is 0.238 e. The number of benzene rings is 1. The Morgan fingerprint density at radius 3 is 2.82 bits per heavy atom. The highest BCUT2D eigenvalue weighted by atomic mass is 19.1. The Bertz CT molecular complexity index is 371. The summed E-state index contributed by atoms with van der Waals surface area (Å²) in [7, 11) is 1.59. The van der Waals surface area contributed by atoms with Crippen molar-refractivity contribution in [2.24, 2.45) is 0 Å². The molecule has 0 spiro atoms. The molecule has 1 rings (SSSR count). The summed E-state index contributed by atoms with van der Waals surface area (Å²) in [5, 5.41) is 5.45. The number of carbonyl (C=O) groups is 1. The van der Waals surface area contributed by atoms with Crippen molar-refractivity contribution in [3.05, 3.63) is 30.1 Å². The molecule has 0 saturated heterocycles. The predicted molar refractivity (Wildman–Crippen MR) is 64.4 cm³/mol. The molecule has 1 aromatic rings. The number of nitrogens with one attached hydrogen (secondary N) is 2. The maximum absolute atomic E-state index is 13.2. The second-order valence-corrected chi connectivity index (χ2v) is 3.77. The summed E-state index contributed by atoms with van der Waals surface area (Å²) in [6.07, 6.45) is 0. The quantitative estimate of drug-likeness (QED) is 0.790. The van der Waals surface area contributed by atoms with Crippen LogP contribution in [0.5, 0.6) is 0 Å². The molecule has 1 unspecified atom stereocenters. The van der Waals surface area contributed by atoms with E-state index in [9.17, 15) is 9.18 Å². The van der Waals surface area contributed by atoms with Crippen molar-refractivity contribution in [1.29, 1.82) is 0 Å². The van der Waals surface area contributed by atoms with Gasteiger partial charge in [0, 0.05) is 13.2 Å². The van der Waals surface area contributed by atoms with Crippen LogP contribution in [0.15, 0.2) is 24.3 Å². The van der Waals surface area contributed by atoms with Gasteiger partial charge in [-0.15, -0.1) is 0 Å². The monoisotopic (exact) mass is 240 g/mol. The first-order valence-corrected chi connectivity index (χ1v) is 5.40. The molecule has 1 amide bonds. The highest BCUT2D eigenvalue weighted by Crippen LogP contribution is 2.11. The van der Waals surface area contributed by atoms with Crippen molar-refractivity contribution in [3.63, 3.8) is 0 Å². The molecule has 0 aliphatic rings.